The number of carbonyl (C=O) groups excluding carboxylic acids is 1. The Balaban J connectivity index is 1.88. The Labute approximate surface area is 387 Å². The highest BCUT2D eigenvalue weighted by Gasteiger charge is 2.43. The summed E-state index contributed by atoms with van der Waals surface area (Å²) in [6, 6.07) is 0. The molecule has 3 aliphatic heterocycles. The van der Waals surface area contributed by atoms with Gasteiger partial charge in [-0.3, -0.25) is 0 Å². The molecule has 8 atom stereocenters. The van der Waals surface area contributed by atoms with Crippen LogP contribution in [0.15, 0.2) is 11.6 Å². The van der Waals surface area contributed by atoms with Gasteiger partial charge in [0.05, 0.1) is 36.6 Å². The van der Waals surface area contributed by atoms with Gasteiger partial charge in [-0.25, -0.2) is 4.79 Å². The molecule has 0 bridgehead atoms. The largest absolute Gasteiger partial charge is 0.455 e. The van der Waals surface area contributed by atoms with Crippen molar-refractivity contribution in [3.05, 3.63) is 11.6 Å². The van der Waals surface area contributed by atoms with Crippen LogP contribution in [0.3, 0.4) is 0 Å². The Morgan fingerprint density at radius 1 is 0.607 bits per heavy atom. The summed E-state index contributed by atoms with van der Waals surface area (Å²) in [6.07, 6.45) is 5.29. The highest BCUT2D eigenvalue weighted by Crippen LogP contribution is 2.37. The summed E-state index contributed by atoms with van der Waals surface area (Å²) in [5, 5.41) is 0. The van der Waals surface area contributed by atoms with Crippen LogP contribution in [0.4, 0.5) is 0 Å². The maximum absolute atomic E-state index is 11.9. The van der Waals surface area contributed by atoms with E-state index < -0.39 is 126 Å². The number of unbranched alkanes of at least 4 members (excludes halogenated alkanes) is 12. The molecule has 3 aliphatic rings. The van der Waals surface area contributed by atoms with Crippen molar-refractivity contribution in [3.63, 3.8) is 0 Å². The van der Waals surface area contributed by atoms with E-state index >= 15 is 0 Å². The lowest BCUT2D eigenvalue weighted by Gasteiger charge is -2.32. The molecule has 0 aromatic rings. The molecule has 3 heterocycles. The summed E-state index contributed by atoms with van der Waals surface area (Å²) < 4.78 is 260. The molecule has 0 aromatic carbocycles. The normalized spacial score (nSPS) is 34.2. The zero-order chi connectivity index (χ0) is 63.7. The van der Waals surface area contributed by atoms with Crippen molar-refractivity contribution < 1.29 is 69.3 Å². The fourth-order valence-corrected chi connectivity index (χ4v) is 10.5. The fourth-order valence-electron chi connectivity index (χ4n) is 8.31. The minimum Gasteiger partial charge on any atom is -0.455 e. The molecule has 56 heavy (non-hydrogen) atoms. The zero-order valence-electron chi connectivity index (χ0n) is 61.0. The molecule has 328 valence electrons. The van der Waals surface area contributed by atoms with E-state index in [-0.39, 0.29) is 76.3 Å². The molecule has 2 fully saturated rings. The summed E-state index contributed by atoms with van der Waals surface area (Å²) in [5.41, 5.74) is 0.724. The van der Waals surface area contributed by atoms with Crippen LogP contribution in [0.5, 0.6) is 0 Å². The molecule has 10 heteroatoms. The van der Waals surface area contributed by atoms with E-state index in [0.29, 0.717) is 38.5 Å². The van der Waals surface area contributed by atoms with Gasteiger partial charge in [-0.2, -0.15) is 0 Å². The number of rotatable bonds is 31. The summed E-state index contributed by atoms with van der Waals surface area (Å²) in [6.45, 7) is -28.4. The molecule has 3 rings (SSSR count). The van der Waals surface area contributed by atoms with Gasteiger partial charge in [-0.05, 0) is 135 Å². The predicted octanol–water partition coefficient (Wildman–Crippen LogP) is 13.4. The lowest BCUT2D eigenvalue weighted by Crippen LogP contribution is -2.41. The van der Waals surface area contributed by atoms with E-state index in [2.05, 4.69) is 0 Å². The molecule has 0 amide bonds. The molecule has 0 saturated carbocycles. The standard InChI is InChI=1S/C46H90O7Si3/c1-12-13-22-28-39(51-54(3,4)5)29-25-26-31-45(53-56(9,10)11)43-35-33-41(50-43)40-32-34-42(49-40)44(52-55(6,7)8)30-24-21-19-17-15-14-16-18-20-23-27-38-36-37(2)48-46(38)47/h36-37,39-45H,12-35H2,1-11H3/t37-,39-,40+,41+,42+,43+,44+,45+/m0/s1/i3D3,4D3,5D3,6D3,7D3,8D3,9D3,10D3,11D3. The third-order valence-electron chi connectivity index (χ3n) is 11.0. The molecule has 0 N–H and O–H groups in total. The van der Waals surface area contributed by atoms with Gasteiger partial charge in [0.25, 0.3) is 0 Å². The second kappa shape index (κ2) is 25.4. The van der Waals surface area contributed by atoms with Gasteiger partial charge < -0.3 is 27.5 Å². The smallest absolute Gasteiger partial charge is 0.334 e. The molecule has 7 nitrogen and oxygen atoms in total. The lowest BCUT2D eigenvalue weighted by atomic mass is 10.00. The second-order valence-corrected chi connectivity index (χ2v) is 21.1. The summed E-state index contributed by atoms with van der Waals surface area (Å²) in [4.78, 5) is 11.9. The molecule has 0 unspecified atom stereocenters. The van der Waals surface area contributed by atoms with Crippen LogP contribution >= 0.6 is 0 Å². The Morgan fingerprint density at radius 2 is 1.04 bits per heavy atom. The van der Waals surface area contributed by atoms with E-state index in [4.69, 9.17) is 64.5 Å². The molecule has 0 radical (unpaired) electrons. The van der Waals surface area contributed by atoms with E-state index in [9.17, 15) is 4.79 Å². The third-order valence-corrected chi connectivity index (χ3v) is 13.0. The van der Waals surface area contributed by atoms with Crippen LogP contribution in [0.25, 0.3) is 0 Å². The quantitative estimate of drug-likeness (QED) is 0.0390. The van der Waals surface area contributed by atoms with Gasteiger partial charge >= 0.3 is 5.97 Å². The molecular formula is C46H90O7Si3. The van der Waals surface area contributed by atoms with E-state index in [1.165, 1.54) is 0 Å². The number of cyclic esters (lactones) is 1. The average molecular weight is 867 g/mol. The van der Waals surface area contributed by atoms with Gasteiger partial charge in [-0.15, -0.1) is 0 Å². The van der Waals surface area contributed by atoms with Crippen LogP contribution < -0.4 is 0 Å². The van der Waals surface area contributed by atoms with Gasteiger partial charge in [-0.1, -0.05) is 96.8 Å². The van der Waals surface area contributed by atoms with Gasteiger partial charge in [0.15, 0.2) is 25.0 Å². The number of hydrogen-bond acceptors (Lipinski definition) is 7. The van der Waals surface area contributed by atoms with Crippen molar-refractivity contribution in [2.75, 3.05) is 0 Å². The van der Waals surface area contributed by atoms with Crippen LogP contribution in [-0.4, -0.2) is 79.8 Å². The first-order valence-corrected chi connectivity index (χ1v) is 27.2. The molecule has 0 aromatic heterocycles. The summed E-state index contributed by atoms with van der Waals surface area (Å²) >= 11 is 0. The van der Waals surface area contributed by atoms with Crippen LogP contribution in [0.1, 0.15) is 205 Å². The topological polar surface area (TPSA) is 72.5 Å². The molecular weight excluding hydrogens is 749 g/mol. The van der Waals surface area contributed by atoms with E-state index in [1.807, 2.05) is 19.9 Å². The maximum atomic E-state index is 11.9. The van der Waals surface area contributed by atoms with Crippen molar-refractivity contribution >= 4 is 30.9 Å². The van der Waals surface area contributed by atoms with Crippen molar-refractivity contribution in [3.8, 4) is 0 Å². The molecule has 2 saturated heterocycles. The fraction of sp³-hybridized carbons (Fsp3) is 0.935. The van der Waals surface area contributed by atoms with E-state index in [0.717, 1.165) is 56.9 Å². The summed E-state index contributed by atoms with van der Waals surface area (Å²) in [7, 11) is -17.3. The Morgan fingerprint density at radius 3 is 1.50 bits per heavy atom. The van der Waals surface area contributed by atoms with Crippen molar-refractivity contribution in [1.29, 1.82) is 0 Å². The van der Waals surface area contributed by atoms with Crippen molar-refractivity contribution in [2.45, 2.75) is 275 Å². The van der Waals surface area contributed by atoms with E-state index in [1.54, 1.807) is 0 Å². The Kier molecular flexibility index (Phi) is 10.5. The number of esters is 1. The SMILES string of the molecule is [2H]C([2H])([2H])[Si](O[C@@H](CCCCC)CCCC[C@@H](O[Si](C([2H])([2H])[2H])(C([2H])([2H])[2H])C([2H])([2H])[2H])[C@H]1CC[C@H]([C@H]2CC[C@H]([C@@H](CCCCCCCCCCCCC3=C[C@H](C)OC3=O)O[Si](C([2H])([2H])[2H])(C([2H])([2H])[2H])C([2H])([2H])[2H])O2)O1)(C([2H])([2H])[2H])C([2H])([2H])[2H]. The first kappa shape index (κ1) is 23.2. The second-order valence-electron chi connectivity index (χ2n) is 16.3. The summed E-state index contributed by atoms with van der Waals surface area (Å²) in [5.74, 6) is -0.251. The van der Waals surface area contributed by atoms with Crippen LogP contribution in [0.2, 0.25) is 58.3 Å². The monoisotopic (exact) mass is 866 g/mol. The number of carbonyl (C=O) groups is 1. The number of hydrogen-bond donors (Lipinski definition) is 0. The third kappa shape index (κ3) is 21.3. The first-order chi connectivity index (χ1) is 37.7. The highest BCUT2D eigenvalue weighted by molar-refractivity contribution is 6.70. The lowest BCUT2D eigenvalue weighted by molar-refractivity contribution is -0.139. The highest BCUT2D eigenvalue weighted by atomic mass is 28.4. The Hall–Kier alpha value is -0.339. The maximum Gasteiger partial charge on any atom is 0.334 e. The van der Waals surface area contributed by atoms with Crippen molar-refractivity contribution in [1.82, 2.24) is 0 Å². The van der Waals surface area contributed by atoms with Crippen LogP contribution in [0, 0.1) is 0 Å². The minimum atomic E-state index is -5.90. The zero-order valence-corrected chi connectivity index (χ0v) is 37.0. The molecule has 0 spiro atoms. The average Bonchev–Trinajstić information content (AvgIpc) is 2.04. The first-order valence-electron chi connectivity index (χ1n) is 34.9. The van der Waals surface area contributed by atoms with Gasteiger partial charge in [0, 0.05) is 48.7 Å². The van der Waals surface area contributed by atoms with Crippen molar-refractivity contribution in [2.24, 2.45) is 0 Å². The predicted molar refractivity (Wildman–Crippen MR) is 242 cm³/mol. The Bertz CT molecular complexity index is 1910. The molecule has 0 aliphatic carbocycles. The van der Waals surface area contributed by atoms with Gasteiger partial charge in [0.1, 0.15) is 6.10 Å². The van der Waals surface area contributed by atoms with Gasteiger partial charge in [0.2, 0.25) is 0 Å². The minimum absolute atomic E-state index is 0.00322. The number of ether oxygens (including phenoxy) is 3. The van der Waals surface area contributed by atoms with Crippen LogP contribution in [-0.2, 0) is 32.3 Å².